The van der Waals surface area contributed by atoms with Crippen LogP contribution >= 0.6 is 7.82 Å². The number of benzene rings is 1. The summed E-state index contributed by atoms with van der Waals surface area (Å²) in [6, 6.07) is 9.56. The molecule has 0 amide bonds. The van der Waals surface area contributed by atoms with E-state index < -0.39 is 7.82 Å². The first kappa shape index (κ1) is 22.8. The van der Waals surface area contributed by atoms with Crippen LogP contribution in [0.15, 0.2) is 30.3 Å². The molecule has 0 aliphatic carbocycles. The molecule has 0 aliphatic heterocycles. The van der Waals surface area contributed by atoms with E-state index in [-0.39, 0.29) is 25.8 Å². The first-order chi connectivity index (χ1) is 12.2. The van der Waals surface area contributed by atoms with Gasteiger partial charge in [-0.1, -0.05) is 37.3 Å². The molecule has 0 saturated carbocycles. The zero-order valence-electron chi connectivity index (χ0n) is 15.9. The third kappa shape index (κ3) is 10.7. The predicted octanol–water partition coefficient (Wildman–Crippen LogP) is 3.13. The van der Waals surface area contributed by atoms with E-state index in [0.29, 0.717) is 30.3 Å². The minimum absolute atomic E-state index is 0.114. The molecular weight excluding hydrogens is 357 g/mol. The number of hydrogen-bond donors (Lipinski definition) is 1. The Kier molecular flexibility index (Phi) is 10.1. The van der Waals surface area contributed by atoms with Crippen LogP contribution in [0.1, 0.15) is 31.7 Å². The Hall–Kier alpha value is -1.24. The van der Waals surface area contributed by atoms with Gasteiger partial charge in [0.15, 0.2) is 0 Å². The van der Waals surface area contributed by atoms with Crippen LogP contribution in [0.2, 0.25) is 0 Å². The lowest BCUT2D eigenvalue weighted by Gasteiger charge is -2.29. The van der Waals surface area contributed by atoms with E-state index in [1.165, 1.54) is 0 Å². The molecule has 0 radical (unpaired) electrons. The molecule has 1 aromatic carbocycles. The van der Waals surface area contributed by atoms with E-state index in [2.05, 4.69) is 0 Å². The minimum Gasteiger partial charge on any atom is -0.461 e. The summed E-state index contributed by atoms with van der Waals surface area (Å²) in [6.07, 6.45) is 1.66. The normalized spacial score (nSPS) is 14.0. The SMILES string of the molecule is CCCOP(=O)(O)OCC[N+](C)(C)CCCC(=O)OCc1ccccc1. The molecule has 26 heavy (non-hydrogen) atoms. The number of ether oxygens (including phenoxy) is 1. The van der Waals surface area contributed by atoms with Gasteiger partial charge >= 0.3 is 13.8 Å². The van der Waals surface area contributed by atoms with Crippen LogP contribution in [-0.2, 0) is 29.8 Å². The Morgan fingerprint density at radius 2 is 1.77 bits per heavy atom. The smallest absolute Gasteiger partial charge is 0.461 e. The highest BCUT2D eigenvalue weighted by molar-refractivity contribution is 7.47. The van der Waals surface area contributed by atoms with E-state index in [4.69, 9.17) is 13.8 Å². The van der Waals surface area contributed by atoms with Crippen molar-refractivity contribution in [3.05, 3.63) is 35.9 Å². The van der Waals surface area contributed by atoms with Crippen molar-refractivity contribution < 1.29 is 32.5 Å². The van der Waals surface area contributed by atoms with E-state index in [1.807, 2.05) is 51.4 Å². The number of hydrogen-bond acceptors (Lipinski definition) is 5. The topological polar surface area (TPSA) is 82.1 Å². The summed E-state index contributed by atoms with van der Waals surface area (Å²) in [7, 11) is 0.000934. The Labute approximate surface area is 156 Å². The maximum Gasteiger partial charge on any atom is 0.472 e. The van der Waals surface area contributed by atoms with Crippen molar-refractivity contribution >= 4 is 13.8 Å². The molecule has 8 heteroatoms. The van der Waals surface area contributed by atoms with Gasteiger partial charge in [-0.05, 0) is 12.0 Å². The number of rotatable bonds is 13. The molecule has 1 aromatic rings. The van der Waals surface area contributed by atoms with Crippen LogP contribution in [0.25, 0.3) is 0 Å². The first-order valence-electron chi connectivity index (χ1n) is 8.87. The standard InChI is InChI=1S/C18H30NO6P/c1-4-14-24-26(21,22)25-15-13-19(2,3)12-8-11-18(20)23-16-17-9-6-5-7-10-17/h5-7,9-10H,4,8,11-16H2,1-3H3/p+1. The van der Waals surface area contributed by atoms with E-state index in [1.54, 1.807) is 0 Å². The van der Waals surface area contributed by atoms with E-state index in [0.717, 1.165) is 12.1 Å². The fourth-order valence-corrected chi connectivity index (χ4v) is 3.02. The predicted molar refractivity (Wildman–Crippen MR) is 99.3 cm³/mol. The summed E-state index contributed by atoms with van der Waals surface area (Å²) in [6.45, 7) is 3.72. The van der Waals surface area contributed by atoms with Crippen molar-refractivity contribution in [2.45, 2.75) is 32.8 Å². The van der Waals surface area contributed by atoms with Crippen molar-refractivity contribution in [1.29, 1.82) is 0 Å². The van der Waals surface area contributed by atoms with Gasteiger partial charge in [-0.25, -0.2) is 4.57 Å². The molecule has 1 rings (SSSR count). The number of quaternary nitrogens is 1. The maximum atomic E-state index is 11.8. The molecule has 0 bridgehead atoms. The molecule has 1 N–H and O–H groups in total. The molecule has 0 heterocycles. The van der Waals surface area contributed by atoms with Crippen LogP contribution in [0.5, 0.6) is 0 Å². The van der Waals surface area contributed by atoms with Crippen molar-refractivity contribution in [3.63, 3.8) is 0 Å². The van der Waals surface area contributed by atoms with Gasteiger partial charge in [0.25, 0.3) is 0 Å². The quantitative estimate of drug-likeness (QED) is 0.318. The lowest BCUT2D eigenvalue weighted by Crippen LogP contribution is -2.43. The molecule has 0 aliphatic rings. The molecule has 0 spiro atoms. The van der Waals surface area contributed by atoms with Gasteiger partial charge in [-0.3, -0.25) is 13.8 Å². The number of carbonyl (C=O) groups is 1. The summed E-state index contributed by atoms with van der Waals surface area (Å²) in [4.78, 5) is 21.3. The van der Waals surface area contributed by atoms with Gasteiger partial charge < -0.3 is 14.1 Å². The molecule has 7 nitrogen and oxygen atoms in total. The highest BCUT2D eigenvalue weighted by Gasteiger charge is 2.23. The molecular formula is C18H31NO6P+. The summed E-state index contributed by atoms with van der Waals surface area (Å²) >= 11 is 0. The van der Waals surface area contributed by atoms with Gasteiger partial charge in [0.1, 0.15) is 19.8 Å². The van der Waals surface area contributed by atoms with E-state index in [9.17, 15) is 14.3 Å². The number of esters is 1. The monoisotopic (exact) mass is 388 g/mol. The van der Waals surface area contributed by atoms with E-state index >= 15 is 0 Å². The van der Waals surface area contributed by atoms with Gasteiger partial charge in [0.05, 0.1) is 33.7 Å². The van der Waals surface area contributed by atoms with Crippen molar-refractivity contribution in [1.82, 2.24) is 0 Å². The lowest BCUT2D eigenvalue weighted by molar-refractivity contribution is -0.890. The summed E-state index contributed by atoms with van der Waals surface area (Å²) in [5.74, 6) is -0.224. The maximum absolute atomic E-state index is 11.8. The van der Waals surface area contributed by atoms with Crippen LogP contribution in [0.3, 0.4) is 0 Å². The Morgan fingerprint density at radius 3 is 2.42 bits per heavy atom. The largest absolute Gasteiger partial charge is 0.472 e. The second-order valence-corrected chi connectivity index (χ2v) is 8.22. The highest BCUT2D eigenvalue weighted by atomic mass is 31.2. The molecule has 0 fully saturated rings. The van der Waals surface area contributed by atoms with Gasteiger partial charge in [0.2, 0.25) is 0 Å². The van der Waals surface area contributed by atoms with Crippen LogP contribution < -0.4 is 0 Å². The van der Waals surface area contributed by atoms with Gasteiger partial charge in [-0.15, -0.1) is 0 Å². The molecule has 148 valence electrons. The average molecular weight is 388 g/mol. The number of likely N-dealkylation sites (N-methyl/N-ethyl adjacent to an activating group) is 1. The van der Waals surface area contributed by atoms with Crippen molar-refractivity contribution in [3.8, 4) is 0 Å². The molecule has 1 unspecified atom stereocenters. The van der Waals surface area contributed by atoms with Crippen LogP contribution in [0.4, 0.5) is 0 Å². The van der Waals surface area contributed by atoms with Crippen LogP contribution in [0, 0.1) is 0 Å². The highest BCUT2D eigenvalue weighted by Crippen LogP contribution is 2.43. The Morgan fingerprint density at radius 1 is 1.12 bits per heavy atom. The molecule has 0 aromatic heterocycles. The minimum atomic E-state index is -3.96. The molecule has 1 atom stereocenters. The van der Waals surface area contributed by atoms with Gasteiger partial charge in [0, 0.05) is 6.42 Å². The molecule has 0 saturated heterocycles. The third-order valence-electron chi connectivity index (χ3n) is 3.80. The van der Waals surface area contributed by atoms with Crippen molar-refractivity contribution in [2.24, 2.45) is 0 Å². The summed E-state index contributed by atoms with van der Waals surface area (Å²) in [5, 5.41) is 0. The number of phosphoric ester groups is 1. The summed E-state index contributed by atoms with van der Waals surface area (Å²) in [5.41, 5.74) is 0.966. The number of carbonyl (C=O) groups excluding carboxylic acids is 1. The Balaban J connectivity index is 2.19. The second-order valence-electron chi connectivity index (χ2n) is 6.77. The number of nitrogens with zero attached hydrogens (tertiary/aromatic N) is 1. The Bertz CT molecular complexity index is 578. The van der Waals surface area contributed by atoms with Crippen molar-refractivity contribution in [2.75, 3.05) is 40.4 Å². The lowest BCUT2D eigenvalue weighted by atomic mass is 10.2. The average Bonchev–Trinajstić information content (AvgIpc) is 2.58. The summed E-state index contributed by atoms with van der Waals surface area (Å²) < 4.78 is 27.2. The number of phosphoric acid groups is 1. The first-order valence-corrected chi connectivity index (χ1v) is 10.4. The van der Waals surface area contributed by atoms with Gasteiger partial charge in [-0.2, -0.15) is 0 Å². The zero-order chi connectivity index (χ0) is 19.5. The zero-order valence-corrected chi connectivity index (χ0v) is 16.8. The second kappa shape index (κ2) is 11.5. The fraction of sp³-hybridized carbons (Fsp3) is 0.611. The third-order valence-corrected chi connectivity index (χ3v) is 4.81. The van der Waals surface area contributed by atoms with Crippen LogP contribution in [-0.4, -0.2) is 55.7 Å². The fourth-order valence-electron chi connectivity index (χ4n) is 2.22.